The number of hydrogen-bond acceptors (Lipinski definition) is 5. The first-order chi connectivity index (χ1) is 16.9. The van der Waals surface area contributed by atoms with E-state index < -0.39 is 12.2 Å². The topological polar surface area (TPSA) is 95.9 Å². The number of nitrogens with one attached hydrogen (secondary N) is 1. The minimum Gasteiger partial charge on any atom is -0.509 e. The maximum absolute atomic E-state index is 13.0. The number of carbonyl (C=O) groups is 2. The number of benzene rings is 1. The van der Waals surface area contributed by atoms with Gasteiger partial charge in [-0.3, -0.25) is 9.59 Å². The van der Waals surface area contributed by atoms with Crippen LogP contribution >= 0.6 is 0 Å². The van der Waals surface area contributed by atoms with Crippen LogP contribution in [0.1, 0.15) is 50.6 Å². The highest BCUT2D eigenvalue weighted by Crippen LogP contribution is 2.36. The molecule has 1 aliphatic heterocycles. The molecule has 1 aromatic carbocycles. The number of methoxy groups -OCH3 is 1. The molecule has 35 heavy (non-hydrogen) atoms. The van der Waals surface area contributed by atoms with E-state index in [-0.39, 0.29) is 35.8 Å². The molecule has 186 valence electrons. The molecular formula is C29H35NO5. The number of fused-ring (bicyclic) bond motifs is 1. The molecular weight excluding hydrogens is 442 g/mol. The lowest BCUT2D eigenvalue weighted by molar-refractivity contribution is -0.118. The number of ether oxygens (including phenoxy) is 1. The largest absolute Gasteiger partial charge is 0.509 e. The normalized spacial score (nSPS) is 31.2. The van der Waals surface area contributed by atoms with Gasteiger partial charge in [0.25, 0.3) is 0 Å². The molecule has 0 saturated heterocycles. The van der Waals surface area contributed by atoms with Crippen molar-refractivity contribution in [3.05, 3.63) is 95.3 Å². The van der Waals surface area contributed by atoms with E-state index in [1.807, 2.05) is 61.6 Å². The van der Waals surface area contributed by atoms with Crippen molar-refractivity contribution in [1.82, 2.24) is 5.32 Å². The van der Waals surface area contributed by atoms with Gasteiger partial charge in [0.15, 0.2) is 5.78 Å². The van der Waals surface area contributed by atoms with E-state index in [4.69, 9.17) is 4.74 Å². The fourth-order valence-electron chi connectivity index (χ4n) is 4.50. The molecule has 1 heterocycles. The summed E-state index contributed by atoms with van der Waals surface area (Å²) in [5.41, 5.74) is 2.22. The van der Waals surface area contributed by atoms with Crippen molar-refractivity contribution in [1.29, 1.82) is 0 Å². The lowest BCUT2D eigenvalue weighted by Gasteiger charge is -2.17. The average molecular weight is 478 g/mol. The molecule has 0 bridgehead atoms. The highest BCUT2D eigenvalue weighted by molar-refractivity contribution is 5.97. The zero-order chi connectivity index (χ0) is 25.2. The van der Waals surface area contributed by atoms with Gasteiger partial charge >= 0.3 is 0 Å². The average Bonchev–Trinajstić information content (AvgIpc) is 3.15. The molecule has 0 fully saturated rings. The second kappa shape index (κ2) is 13.0. The minimum absolute atomic E-state index is 0.0444. The van der Waals surface area contributed by atoms with E-state index in [9.17, 15) is 19.8 Å². The fourth-order valence-corrected chi connectivity index (χ4v) is 4.50. The number of aliphatic hydroxyl groups excluding tert-OH is 2. The lowest BCUT2D eigenvalue weighted by atomic mass is 9.92. The summed E-state index contributed by atoms with van der Waals surface area (Å²) in [6.07, 6.45) is 13.4. The SMILES string of the molecule is CO[C@H]1C[C@@H]2/C=C(C)/C=C/C=C\C(=O)N[C@H](c3ccccc3)C/C=C/CC[C@H](O)CC(=O)C2=C1O. The van der Waals surface area contributed by atoms with Crippen LogP contribution in [0.5, 0.6) is 0 Å². The highest BCUT2D eigenvalue weighted by Gasteiger charge is 2.36. The van der Waals surface area contributed by atoms with Crippen LogP contribution in [0, 0.1) is 5.92 Å². The Hall–Kier alpha value is -3.22. The molecule has 0 aromatic heterocycles. The molecule has 0 saturated carbocycles. The van der Waals surface area contributed by atoms with E-state index in [1.54, 1.807) is 12.2 Å². The molecule has 4 atom stereocenters. The maximum Gasteiger partial charge on any atom is 0.244 e. The van der Waals surface area contributed by atoms with Crippen LogP contribution in [0.2, 0.25) is 0 Å². The third kappa shape index (κ3) is 7.64. The van der Waals surface area contributed by atoms with Crippen LogP contribution < -0.4 is 5.32 Å². The zero-order valence-corrected chi connectivity index (χ0v) is 20.4. The van der Waals surface area contributed by atoms with E-state index in [2.05, 4.69) is 5.32 Å². The molecule has 6 heteroatoms. The van der Waals surface area contributed by atoms with Gasteiger partial charge in [-0.05, 0) is 38.2 Å². The number of Topliss-reactive ketones (excluding diaryl/α,β-unsaturated/α-hetero) is 1. The Morgan fingerprint density at radius 2 is 1.80 bits per heavy atom. The number of carbonyl (C=O) groups excluding carboxylic acids is 2. The van der Waals surface area contributed by atoms with Gasteiger partial charge in [-0.25, -0.2) is 0 Å². The number of amides is 1. The number of aliphatic hydroxyl groups is 2. The second-order valence-electron chi connectivity index (χ2n) is 9.03. The zero-order valence-electron chi connectivity index (χ0n) is 20.4. The molecule has 0 radical (unpaired) electrons. The second-order valence-corrected chi connectivity index (χ2v) is 9.03. The van der Waals surface area contributed by atoms with Crippen molar-refractivity contribution in [3.8, 4) is 0 Å². The monoisotopic (exact) mass is 477 g/mol. The standard InChI is InChI=1S/C29H35NO5/c1-20-11-9-10-16-27(33)30-24(21-12-5-3-6-13-21)15-8-4-7-14-23(31)19-25(32)28-22(17-20)18-26(35-2)29(28)34/h3-6,8-13,16-17,22-24,26,31,34H,7,14-15,18-19H2,1-2H3,(H,30,33)/b8-4+,11-9+,16-10-,20-17+/t22-,23-,24-,26-/m0/s1. The van der Waals surface area contributed by atoms with Gasteiger partial charge in [-0.15, -0.1) is 0 Å². The molecule has 2 aliphatic rings. The molecule has 0 spiro atoms. The van der Waals surface area contributed by atoms with Crippen LogP contribution in [-0.2, 0) is 14.3 Å². The maximum atomic E-state index is 13.0. The smallest absolute Gasteiger partial charge is 0.244 e. The highest BCUT2D eigenvalue weighted by atomic mass is 16.5. The summed E-state index contributed by atoms with van der Waals surface area (Å²) in [4.78, 5) is 25.5. The van der Waals surface area contributed by atoms with E-state index in [0.29, 0.717) is 31.3 Å². The number of allylic oxidation sites excluding steroid dienone is 7. The third-order valence-corrected chi connectivity index (χ3v) is 6.33. The first-order valence-electron chi connectivity index (χ1n) is 12.1. The molecule has 6 nitrogen and oxygen atoms in total. The Bertz CT molecular complexity index is 1030. The summed E-state index contributed by atoms with van der Waals surface area (Å²) < 4.78 is 5.35. The fraction of sp³-hybridized carbons (Fsp3) is 0.379. The first kappa shape index (κ1) is 26.4. The van der Waals surface area contributed by atoms with Crippen molar-refractivity contribution >= 4 is 11.7 Å². The van der Waals surface area contributed by atoms with Crippen molar-refractivity contribution in [2.45, 2.75) is 57.3 Å². The number of hydrogen-bond donors (Lipinski definition) is 3. The quantitative estimate of drug-likeness (QED) is 0.532. The van der Waals surface area contributed by atoms with Crippen molar-refractivity contribution in [2.75, 3.05) is 7.11 Å². The summed E-state index contributed by atoms with van der Waals surface area (Å²) in [7, 11) is 1.51. The molecule has 1 aliphatic carbocycles. The molecule has 1 amide bonds. The van der Waals surface area contributed by atoms with Crippen molar-refractivity contribution < 1.29 is 24.5 Å². The van der Waals surface area contributed by atoms with Crippen LogP contribution in [-0.4, -0.2) is 41.2 Å². The van der Waals surface area contributed by atoms with E-state index in [0.717, 1.165) is 11.1 Å². The molecule has 0 unspecified atom stereocenters. The van der Waals surface area contributed by atoms with Gasteiger partial charge in [0.2, 0.25) is 5.91 Å². The Morgan fingerprint density at radius 3 is 2.54 bits per heavy atom. The molecule has 1 aromatic rings. The Labute approximate surface area is 207 Å². The van der Waals surface area contributed by atoms with Crippen LogP contribution in [0.3, 0.4) is 0 Å². The van der Waals surface area contributed by atoms with Gasteiger partial charge < -0.3 is 20.3 Å². The first-order valence-corrected chi connectivity index (χ1v) is 12.1. The van der Waals surface area contributed by atoms with E-state index >= 15 is 0 Å². The minimum atomic E-state index is -0.810. The Morgan fingerprint density at radius 1 is 1.06 bits per heavy atom. The van der Waals surface area contributed by atoms with Crippen LogP contribution in [0.4, 0.5) is 0 Å². The summed E-state index contributed by atoms with van der Waals surface area (Å²) in [6.45, 7) is 1.90. The summed E-state index contributed by atoms with van der Waals surface area (Å²) in [5.74, 6) is -0.790. The van der Waals surface area contributed by atoms with Gasteiger partial charge in [0.05, 0.1) is 12.1 Å². The molecule has 3 rings (SSSR count). The van der Waals surface area contributed by atoms with Crippen molar-refractivity contribution in [3.63, 3.8) is 0 Å². The molecule has 3 N–H and O–H groups in total. The lowest BCUT2D eigenvalue weighted by Crippen LogP contribution is -2.26. The summed E-state index contributed by atoms with van der Waals surface area (Å²) in [5, 5.41) is 24.1. The predicted molar refractivity (Wildman–Crippen MR) is 137 cm³/mol. The van der Waals surface area contributed by atoms with Gasteiger partial charge in [0, 0.05) is 31.1 Å². The van der Waals surface area contributed by atoms with Crippen molar-refractivity contribution in [2.24, 2.45) is 5.92 Å². The van der Waals surface area contributed by atoms with Gasteiger partial charge in [-0.2, -0.15) is 0 Å². The van der Waals surface area contributed by atoms with Gasteiger partial charge in [0.1, 0.15) is 11.9 Å². The van der Waals surface area contributed by atoms with Crippen LogP contribution in [0.25, 0.3) is 0 Å². The summed E-state index contributed by atoms with van der Waals surface area (Å²) >= 11 is 0. The third-order valence-electron chi connectivity index (χ3n) is 6.33. The van der Waals surface area contributed by atoms with Crippen LogP contribution in [0.15, 0.2) is 89.8 Å². The van der Waals surface area contributed by atoms with Gasteiger partial charge in [-0.1, -0.05) is 72.4 Å². The Balaban J connectivity index is 1.84. The van der Waals surface area contributed by atoms with E-state index in [1.165, 1.54) is 13.2 Å². The predicted octanol–water partition coefficient (Wildman–Crippen LogP) is 4.81. The summed E-state index contributed by atoms with van der Waals surface area (Å²) in [6, 6.07) is 9.61. The number of ketones is 1. The number of rotatable bonds is 2. The Kier molecular flexibility index (Phi) is 9.82.